The van der Waals surface area contributed by atoms with E-state index < -0.39 is 0 Å². The highest BCUT2D eigenvalue weighted by molar-refractivity contribution is 8.00. The normalized spacial score (nSPS) is 19.3. The van der Waals surface area contributed by atoms with E-state index in [2.05, 4.69) is 31.4 Å². The Hall–Kier alpha value is -0.220. The van der Waals surface area contributed by atoms with Crippen molar-refractivity contribution in [3.63, 3.8) is 0 Å². The summed E-state index contributed by atoms with van der Waals surface area (Å²) in [5, 5.41) is 7.04. The lowest BCUT2D eigenvalue weighted by Gasteiger charge is -2.22. The number of thioether (sulfide) groups is 1. The molecular weight excluding hydrogens is 232 g/mol. The van der Waals surface area contributed by atoms with Crippen LogP contribution in [0.25, 0.3) is 0 Å². The Balaban J connectivity index is 2.08. The van der Waals surface area contributed by atoms with Crippen LogP contribution < -0.4 is 10.6 Å². The fraction of sp³-hybridized carbons (Fsp3) is 0.923. The molecule has 0 radical (unpaired) electrons. The quantitative estimate of drug-likeness (QED) is 0.764. The third-order valence-corrected chi connectivity index (χ3v) is 4.87. The molecule has 4 heteroatoms. The summed E-state index contributed by atoms with van der Waals surface area (Å²) < 4.78 is 0. The molecule has 0 aromatic rings. The number of carbonyl (C=O) groups is 1. The second-order valence-corrected chi connectivity index (χ2v) is 6.57. The molecule has 0 aromatic heterocycles. The van der Waals surface area contributed by atoms with Crippen molar-refractivity contribution in [1.82, 2.24) is 10.6 Å². The first-order chi connectivity index (χ1) is 8.09. The first-order valence-corrected chi connectivity index (χ1v) is 7.73. The van der Waals surface area contributed by atoms with E-state index >= 15 is 0 Å². The van der Waals surface area contributed by atoms with E-state index in [0.717, 1.165) is 19.6 Å². The summed E-state index contributed by atoms with van der Waals surface area (Å²) in [7, 11) is 0. The van der Waals surface area contributed by atoms with Crippen LogP contribution in [0.3, 0.4) is 0 Å². The first kappa shape index (κ1) is 14.8. The van der Waals surface area contributed by atoms with Crippen LogP contribution in [0.4, 0.5) is 0 Å². The fourth-order valence-electron chi connectivity index (χ4n) is 1.72. The number of piperidine rings is 1. The average Bonchev–Trinajstić information content (AvgIpc) is 2.34. The van der Waals surface area contributed by atoms with Crippen LogP contribution >= 0.6 is 11.8 Å². The highest BCUT2D eigenvalue weighted by Crippen LogP contribution is 2.19. The lowest BCUT2D eigenvalue weighted by atomic mass is 9.98. The third-order valence-electron chi connectivity index (χ3n) is 3.50. The molecule has 1 saturated heterocycles. The molecule has 1 heterocycles. The van der Waals surface area contributed by atoms with Crippen molar-refractivity contribution in [3.05, 3.63) is 0 Å². The average molecular weight is 258 g/mol. The molecule has 0 saturated carbocycles. The van der Waals surface area contributed by atoms with Crippen LogP contribution in [0.15, 0.2) is 0 Å². The van der Waals surface area contributed by atoms with Gasteiger partial charge in [-0.05, 0) is 37.8 Å². The van der Waals surface area contributed by atoms with Crippen molar-refractivity contribution in [2.24, 2.45) is 11.8 Å². The van der Waals surface area contributed by atoms with Crippen molar-refractivity contribution in [2.75, 3.05) is 25.4 Å². The predicted molar refractivity (Wildman–Crippen MR) is 75.4 cm³/mol. The summed E-state index contributed by atoms with van der Waals surface area (Å²) >= 11 is 1.81. The molecule has 0 aromatic carbocycles. The van der Waals surface area contributed by atoms with Crippen molar-refractivity contribution in [2.45, 2.75) is 38.9 Å². The summed E-state index contributed by atoms with van der Waals surface area (Å²) in [6.45, 7) is 9.59. The maximum absolute atomic E-state index is 11.7. The Morgan fingerprint density at radius 3 is 2.59 bits per heavy atom. The Kier molecular flexibility index (Phi) is 6.97. The van der Waals surface area contributed by atoms with Gasteiger partial charge in [0.25, 0.3) is 0 Å². The molecule has 1 rings (SSSR count). The number of nitrogens with one attached hydrogen (secondary N) is 2. The molecule has 2 N–H and O–H groups in total. The summed E-state index contributed by atoms with van der Waals surface area (Å²) in [6, 6.07) is 0. The molecule has 17 heavy (non-hydrogen) atoms. The Labute approximate surface area is 109 Å². The molecule has 1 aliphatic rings. The summed E-state index contributed by atoms with van der Waals surface area (Å²) in [4.78, 5) is 11.7. The van der Waals surface area contributed by atoms with Crippen molar-refractivity contribution in [1.29, 1.82) is 0 Å². The predicted octanol–water partition coefficient (Wildman–Crippen LogP) is 1.88. The van der Waals surface area contributed by atoms with E-state index in [1.807, 2.05) is 11.8 Å². The maximum atomic E-state index is 11.7. The Morgan fingerprint density at radius 2 is 2.00 bits per heavy atom. The van der Waals surface area contributed by atoms with Crippen molar-refractivity contribution < 1.29 is 4.79 Å². The van der Waals surface area contributed by atoms with E-state index in [-0.39, 0.29) is 5.91 Å². The van der Waals surface area contributed by atoms with Gasteiger partial charge in [-0.25, -0.2) is 0 Å². The van der Waals surface area contributed by atoms with Gasteiger partial charge in [-0.15, -0.1) is 11.8 Å². The smallest absolute Gasteiger partial charge is 0.230 e. The zero-order valence-electron chi connectivity index (χ0n) is 11.3. The minimum Gasteiger partial charge on any atom is -0.355 e. The Morgan fingerprint density at radius 1 is 1.35 bits per heavy atom. The maximum Gasteiger partial charge on any atom is 0.230 e. The largest absolute Gasteiger partial charge is 0.355 e. The van der Waals surface area contributed by atoms with Gasteiger partial charge < -0.3 is 10.6 Å². The van der Waals surface area contributed by atoms with Gasteiger partial charge in [-0.3, -0.25) is 4.79 Å². The summed E-state index contributed by atoms with van der Waals surface area (Å²) in [5.41, 5.74) is 0. The van der Waals surface area contributed by atoms with Crippen LogP contribution in [-0.2, 0) is 4.79 Å². The molecule has 0 spiro atoms. The second-order valence-electron chi connectivity index (χ2n) is 5.29. The third kappa shape index (κ3) is 6.32. The first-order valence-electron chi connectivity index (χ1n) is 6.68. The molecule has 0 aliphatic carbocycles. The molecule has 1 aliphatic heterocycles. The van der Waals surface area contributed by atoms with Gasteiger partial charge in [-0.1, -0.05) is 20.8 Å². The van der Waals surface area contributed by atoms with Crippen LogP contribution in [0.5, 0.6) is 0 Å². The monoisotopic (exact) mass is 258 g/mol. The highest BCUT2D eigenvalue weighted by atomic mass is 32.2. The number of hydrogen-bond acceptors (Lipinski definition) is 3. The van der Waals surface area contributed by atoms with Crippen LogP contribution in [0.1, 0.15) is 33.6 Å². The topological polar surface area (TPSA) is 41.1 Å². The summed E-state index contributed by atoms with van der Waals surface area (Å²) in [5.74, 6) is 2.01. The molecule has 0 bridgehead atoms. The van der Waals surface area contributed by atoms with E-state index in [0.29, 0.717) is 22.8 Å². The Bertz CT molecular complexity index is 227. The van der Waals surface area contributed by atoms with E-state index in [1.165, 1.54) is 12.8 Å². The van der Waals surface area contributed by atoms with Gasteiger partial charge in [0, 0.05) is 11.8 Å². The molecular formula is C13H26N2OS. The number of carbonyl (C=O) groups excluding carboxylic acids is 1. The lowest BCUT2D eigenvalue weighted by molar-refractivity contribution is -0.118. The zero-order valence-corrected chi connectivity index (χ0v) is 12.1. The van der Waals surface area contributed by atoms with Crippen LogP contribution in [0.2, 0.25) is 0 Å². The van der Waals surface area contributed by atoms with Gasteiger partial charge in [-0.2, -0.15) is 0 Å². The number of rotatable bonds is 6. The van der Waals surface area contributed by atoms with Crippen LogP contribution in [0, 0.1) is 11.8 Å². The number of hydrogen-bond donors (Lipinski definition) is 2. The van der Waals surface area contributed by atoms with Gasteiger partial charge in [0.15, 0.2) is 0 Å². The highest BCUT2D eigenvalue weighted by Gasteiger charge is 2.15. The second kappa shape index (κ2) is 7.98. The molecule has 1 amide bonds. The molecule has 3 nitrogen and oxygen atoms in total. The van der Waals surface area contributed by atoms with Gasteiger partial charge in [0.2, 0.25) is 5.91 Å². The summed E-state index contributed by atoms with van der Waals surface area (Å²) in [6.07, 6.45) is 2.39. The standard InChI is InChI=1S/C13H26N2OS/c1-10(2)11(3)8-15-13(16)9-17-12-4-6-14-7-5-12/h10-12,14H,4-9H2,1-3H3,(H,15,16). The van der Waals surface area contributed by atoms with Crippen molar-refractivity contribution >= 4 is 17.7 Å². The molecule has 1 atom stereocenters. The minimum absolute atomic E-state index is 0.195. The minimum atomic E-state index is 0.195. The van der Waals surface area contributed by atoms with Gasteiger partial charge in [0.1, 0.15) is 0 Å². The fourth-order valence-corrected chi connectivity index (χ4v) is 2.78. The van der Waals surface area contributed by atoms with Crippen molar-refractivity contribution in [3.8, 4) is 0 Å². The van der Waals surface area contributed by atoms with E-state index in [1.54, 1.807) is 0 Å². The molecule has 1 fully saturated rings. The SMILES string of the molecule is CC(C)C(C)CNC(=O)CSC1CCNCC1. The molecule has 1 unspecified atom stereocenters. The zero-order chi connectivity index (χ0) is 12.7. The van der Waals surface area contributed by atoms with Crippen LogP contribution in [-0.4, -0.2) is 36.5 Å². The van der Waals surface area contributed by atoms with Gasteiger partial charge >= 0.3 is 0 Å². The molecule has 100 valence electrons. The number of amides is 1. The van der Waals surface area contributed by atoms with Gasteiger partial charge in [0.05, 0.1) is 5.75 Å². The lowest BCUT2D eigenvalue weighted by Crippen LogP contribution is -2.33. The van der Waals surface area contributed by atoms with E-state index in [9.17, 15) is 4.79 Å². The van der Waals surface area contributed by atoms with E-state index in [4.69, 9.17) is 0 Å².